The first-order valence-electron chi connectivity index (χ1n) is 6.64. The van der Waals surface area contributed by atoms with Crippen molar-refractivity contribution in [3.8, 4) is 0 Å². The number of nitrogens with zero attached hydrogens (tertiary/aromatic N) is 1. The number of hydrogen-bond acceptors (Lipinski definition) is 3. The Bertz CT molecular complexity index is 371. The molecule has 2 rings (SSSR count). The van der Waals surface area contributed by atoms with Gasteiger partial charge in [-0.05, 0) is 31.0 Å². The molecule has 3 nitrogen and oxygen atoms in total. The van der Waals surface area contributed by atoms with E-state index in [9.17, 15) is 9.50 Å². The fraction of sp³-hybridized carbons (Fsp3) is 0.571. The van der Waals surface area contributed by atoms with Crippen LogP contribution < -0.4 is 10.6 Å². The summed E-state index contributed by atoms with van der Waals surface area (Å²) in [5, 5.41) is 9.20. The molecule has 3 N–H and O–H groups in total. The molecule has 1 aliphatic carbocycles. The highest BCUT2D eigenvalue weighted by Crippen LogP contribution is 2.28. The van der Waals surface area contributed by atoms with Gasteiger partial charge in [0.25, 0.3) is 0 Å². The van der Waals surface area contributed by atoms with Crippen LogP contribution in [0.3, 0.4) is 0 Å². The number of nitrogens with two attached hydrogens (primary N) is 1. The molecule has 0 bridgehead atoms. The Morgan fingerprint density at radius 1 is 1.22 bits per heavy atom. The molecule has 100 valence electrons. The standard InChI is InChI=1S/C14H21FN2O/c15-11-8-12(16)10-14(9-11)17(6-7-18)13-4-2-1-3-5-13/h8-10,13,18H,1-7,16H2. The third-order valence-electron chi connectivity index (χ3n) is 3.59. The van der Waals surface area contributed by atoms with Gasteiger partial charge in [-0.2, -0.15) is 0 Å². The van der Waals surface area contributed by atoms with Crippen LogP contribution in [-0.4, -0.2) is 24.3 Å². The van der Waals surface area contributed by atoms with Gasteiger partial charge in [-0.25, -0.2) is 4.39 Å². The van der Waals surface area contributed by atoms with Crippen LogP contribution in [-0.2, 0) is 0 Å². The van der Waals surface area contributed by atoms with Crippen molar-refractivity contribution in [2.45, 2.75) is 38.1 Å². The first-order chi connectivity index (χ1) is 8.70. The minimum Gasteiger partial charge on any atom is -0.399 e. The molecule has 0 aliphatic heterocycles. The molecule has 18 heavy (non-hydrogen) atoms. The number of anilines is 2. The second-order valence-electron chi connectivity index (χ2n) is 4.95. The third kappa shape index (κ3) is 3.13. The van der Waals surface area contributed by atoms with Gasteiger partial charge in [0.2, 0.25) is 0 Å². The maximum atomic E-state index is 13.4. The molecular formula is C14H21FN2O. The van der Waals surface area contributed by atoms with Crippen LogP contribution in [0.1, 0.15) is 32.1 Å². The van der Waals surface area contributed by atoms with E-state index in [1.54, 1.807) is 6.07 Å². The van der Waals surface area contributed by atoms with Crippen LogP contribution in [0.5, 0.6) is 0 Å². The van der Waals surface area contributed by atoms with E-state index < -0.39 is 0 Å². The van der Waals surface area contributed by atoms with Crippen LogP contribution in [0, 0.1) is 5.82 Å². The number of nitrogen functional groups attached to an aromatic ring is 1. The predicted molar refractivity (Wildman–Crippen MR) is 72.1 cm³/mol. The van der Waals surface area contributed by atoms with E-state index >= 15 is 0 Å². The molecule has 0 saturated heterocycles. The Labute approximate surface area is 107 Å². The summed E-state index contributed by atoms with van der Waals surface area (Å²) in [5.41, 5.74) is 6.91. The van der Waals surface area contributed by atoms with Gasteiger partial charge in [0.15, 0.2) is 0 Å². The van der Waals surface area contributed by atoms with Crippen LogP contribution in [0.4, 0.5) is 15.8 Å². The van der Waals surface area contributed by atoms with E-state index in [2.05, 4.69) is 4.90 Å². The maximum Gasteiger partial charge on any atom is 0.127 e. The summed E-state index contributed by atoms with van der Waals surface area (Å²) < 4.78 is 13.4. The van der Waals surface area contributed by atoms with Crippen LogP contribution in [0.2, 0.25) is 0 Å². The van der Waals surface area contributed by atoms with Gasteiger partial charge in [-0.1, -0.05) is 19.3 Å². The van der Waals surface area contributed by atoms with Gasteiger partial charge in [0.1, 0.15) is 5.82 Å². The molecule has 1 aromatic carbocycles. The molecule has 4 heteroatoms. The molecular weight excluding hydrogens is 231 g/mol. The molecule has 0 radical (unpaired) electrons. The SMILES string of the molecule is Nc1cc(F)cc(N(CCO)C2CCCCC2)c1. The second kappa shape index (κ2) is 6.05. The molecule has 1 saturated carbocycles. The molecule has 0 aromatic heterocycles. The number of aliphatic hydroxyl groups is 1. The van der Waals surface area contributed by atoms with Crippen molar-refractivity contribution in [1.82, 2.24) is 0 Å². The lowest BCUT2D eigenvalue weighted by Crippen LogP contribution is -2.39. The minimum absolute atomic E-state index is 0.0763. The molecule has 0 heterocycles. The zero-order valence-electron chi connectivity index (χ0n) is 10.6. The van der Waals surface area contributed by atoms with Crippen molar-refractivity contribution in [1.29, 1.82) is 0 Å². The van der Waals surface area contributed by atoms with Crippen molar-refractivity contribution in [2.24, 2.45) is 0 Å². The molecule has 0 atom stereocenters. The third-order valence-corrected chi connectivity index (χ3v) is 3.59. The summed E-state index contributed by atoms with van der Waals surface area (Å²) in [6.45, 7) is 0.612. The highest BCUT2D eigenvalue weighted by molar-refractivity contribution is 5.57. The first-order valence-corrected chi connectivity index (χ1v) is 6.64. The van der Waals surface area contributed by atoms with E-state index in [1.165, 1.54) is 31.4 Å². The number of hydrogen-bond donors (Lipinski definition) is 2. The highest BCUT2D eigenvalue weighted by atomic mass is 19.1. The van der Waals surface area contributed by atoms with E-state index in [1.807, 2.05) is 0 Å². The Balaban J connectivity index is 2.22. The van der Waals surface area contributed by atoms with Crippen LogP contribution >= 0.6 is 0 Å². The lowest BCUT2D eigenvalue weighted by molar-refractivity contribution is 0.290. The first kappa shape index (κ1) is 13.1. The smallest absolute Gasteiger partial charge is 0.127 e. The summed E-state index contributed by atoms with van der Waals surface area (Å²) in [6.07, 6.45) is 5.90. The number of aliphatic hydroxyl groups excluding tert-OH is 1. The van der Waals surface area contributed by atoms with Gasteiger partial charge in [-0.3, -0.25) is 0 Å². The molecule has 1 aliphatic rings. The maximum absolute atomic E-state index is 13.4. The summed E-state index contributed by atoms with van der Waals surface area (Å²) in [4.78, 5) is 2.10. The number of halogens is 1. The fourth-order valence-electron chi connectivity index (χ4n) is 2.79. The summed E-state index contributed by atoms with van der Waals surface area (Å²) >= 11 is 0. The Hall–Kier alpha value is -1.29. The van der Waals surface area contributed by atoms with Crippen LogP contribution in [0.15, 0.2) is 18.2 Å². The van der Waals surface area contributed by atoms with Crippen molar-refractivity contribution >= 4 is 11.4 Å². The van der Waals surface area contributed by atoms with Crippen molar-refractivity contribution in [2.75, 3.05) is 23.8 Å². The molecule has 0 unspecified atom stereocenters. The normalized spacial score (nSPS) is 16.8. The van der Waals surface area contributed by atoms with Crippen molar-refractivity contribution in [3.05, 3.63) is 24.0 Å². The summed E-state index contributed by atoms with van der Waals surface area (Å²) in [7, 11) is 0. The minimum atomic E-state index is -0.316. The Morgan fingerprint density at radius 3 is 2.56 bits per heavy atom. The van der Waals surface area contributed by atoms with E-state index in [-0.39, 0.29) is 12.4 Å². The fourth-order valence-corrected chi connectivity index (χ4v) is 2.79. The van der Waals surface area contributed by atoms with Crippen molar-refractivity contribution in [3.63, 3.8) is 0 Å². The van der Waals surface area contributed by atoms with Crippen LogP contribution in [0.25, 0.3) is 0 Å². The predicted octanol–water partition coefficient (Wildman–Crippen LogP) is 2.54. The lowest BCUT2D eigenvalue weighted by atomic mass is 9.93. The van der Waals surface area contributed by atoms with E-state index in [0.717, 1.165) is 18.5 Å². The number of benzene rings is 1. The quantitative estimate of drug-likeness (QED) is 0.810. The zero-order valence-corrected chi connectivity index (χ0v) is 10.6. The van der Waals surface area contributed by atoms with Crippen molar-refractivity contribution < 1.29 is 9.50 Å². The topological polar surface area (TPSA) is 49.5 Å². The highest BCUT2D eigenvalue weighted by Gasteiger charge is 2.21. The largest absolute Gasteiger partial charge is 0.399 e. The molecule has 1 fully saturated rings. The lowest BCUT2D eigenvalue weighted by Gasteiger charge is -2.36. The number of rotatable bonds is 4. The second-order valence-corrected chi connectivity index (χ2v) is 4.95. The van der Waals surface area contributed by atoms with Gasteiger partial charge in [0, 0.05) is 24.0 Å². The Morgan fingerprint density at radius 2 is 1.94 bits per heavy atom. The summed E-state index contributed by atoms with van der Waals surface area (Å²) in [5.74, 6) is -0.316. The molecule has 0 spiro atoms. The van der Waals surface area contributed by atoms with Gasteiger partial charge in [0.05, 0.1) is 6.61 Å². The van der Waals surface area contributed by atoms with Gasteiger partial charge >= 0.3 is 0 Å². The van der Waals surface area contributed by atoms with E-state index in [4.69, 9.17) is 5.73 Å². The monoisotopic (exact) mass is 252 g/mol. The zero-order chi connectivity index (χ0) is 13.0. The van der Waals surface area contributed by atoms with E-state index in [0.29, 0.717) is 18.3 Å². The summed E-state index contributed by atoms with van der Waals surface area (Å²) in [6, 6.07) is 5.00. The average Bonchev–Trinajstić information content (AvgIpc) is 2.36. The average molecular weight is 252 g/mol. The molecule has 1 aromatic rings. The molecule has 0 amide bonds. The van der Waals surface area contributed by atoms with Gasteiger partial charge in [-0.15, -0.1) is 0 Å². The van der Waals surface area contributed by atoms with Gasteiger partial charge < -0.3 is 15.7 Å². The Kier molecular flexibility index (Phi) is 4.42.